The zero-order chi connectivity index (χ0) is 10.8. The molecule has 1 aromatic heterocycles. The summed E-state index contributed by atoms with van der Waals surface area (Å²) in [4.78, 5) is 12.9. The molecule has 0 bridgehead atoms. The lowest BCUT2D eigenvalue weighted by molar-refractivity contribution is 0.0464. The molecule has 15 heavy (non-hydrogen) atoms. The van der Waals surface area contributed by atoms with Gasteiger partial charge in [-0.15, -0.1) is 11.3 Å². The summed E-state index contributed by atoms with van der Waals surface area (Å²) in [5.74, 6) is 0.266. The molecule has 2 rings (SSSR count). The van der Waals surface area contributed by atoms with E-state index in [2.05, 4.69) is 31.9 Å². The number of carbonyl (C=O) groups excluding carboxylic acids is 1. The zero-order valence-corrected chi connectivity index (χ0v) is 12.0. The number of ketones is 1. The van der Waals surface area contributed by atoms with Gasteiger partial charge in [-0.25, -0.2) is 0 Å². The Morgan fingerprint density at radius 2 is 2.33 bits per heavy atom. The molecular formula is C10H10Br2O2S. The molecule has 82 valence electrons. The second kappa shape index (κ2) is 5.08. The third-order valence-electron chi connectivity index (χ3n) is 2.42. The lowest BCUT2D eigenvalue weighted by Gasteiger charge is -2.19. The number of thiophene rings is 1. The molecule has 0 spiro atoms. The van der Waals surface area contributed by atoms with E-state index in [4.69, 9.17) is 4.74 Å². The van der Waals surface area contributed by atoms with Crippen LogP contribution in [0.5, 0.6) is 0 Å². The molecule has 2 heterocycles. The molecular weight excluding hydrogens is 344 g/mol. The largest absolute Gasteiger partial charge is 0.381 e. The smallest absolute Gasteiger partial charge is 0.178 e. The fourth-order valence-electron chi connectivity index (χ4n) is 1.62. The van der Waals surface area contributed by atoms with E-state index in [-0.39, 0.29) is 11.7 Å². The second-order valence-corrected chi connectivity index (χ2v) is 6.74. The van der Waals surface area contributed by atoms with Gasteiger partial charge < -0.3 is 4.74 Å². The van der Waals surface area contributed by atoms with E-state index < -0.39 is 0 Å². The van der Waals surface area contributed by atoms with E-state index in [1.54, 1.807) is 0 Å². The first-order valence-corrected chi connectivity index (χ1v) is 7.15. The number of hydrogen-bond donors (Lipinski definition) is 0. The van der Waals surface area contributed by atoms with Crippen LogP contribution >= 0.6 is 43.2 Å². The van der Waals surface area contributed by atoms with Gasteiger partial charge in [-0.1, -0.05) is 0 Å². The normalized spacial score (nSPS) is 21.6. The van der Waals surface area contributed by atoms with Crippen LogP contribution in [-0.2, 0) is 4.74 Å². The molecule has 1 aromatic rings. The molecule has 1 unspecified atom stereocenters. The second-order valence-electron chi connectivity index (χ2n) is 3.51. The van der Waals surface area contributed by atoms with Crippen molar-refractivity contribution >= 4 is 49.0 Å². The summed E-state index contributed by atoms with van der Waals surface area (Å²) in [6, 6.07) is 1.88. The van der Waals surface area contributed by atoms with Crippen LogP contribution in [0, 0.1) is 5.92 Å². The number of ether oxygens (including phenoxy) is 1. The van der Waals surface area contributed by atoms with Crippen LogP contribution in [0.4, 0.5) is 0 Å². The Bertz CT molecular complexity index is 350. The monoisotopic (exact) mass is 352 g/mol. The first-order chi connectivity index (χ1) is 7.18. The molecule has 0 N–H and O–H groups in total. The minimum absolute atomic E-state index is 0.0520. The van der Waals surface area contributed by atoms with Gasteiger partial charge >= 0.3 is 0 Å². The van der Waals surface area contributed by atoms with Crippen LogP contribution in [0.3, 0.4) is 0 Å². The van der Waals surface area contributed by atoms with Crippen molar-refractivity contribution in [2.75, 3.05) is 13.2 Å². The number of carbonyl (C=O) groups is 1. The predicted molar refractivity (Wildman–Crippen MR) is 67.6 cm³/mol. The van der Waals surface area contributed by atoms with Crippen LogP contribution < -0.4 is 0 Å². The van der Waals surface area contributed by atoms with Gasteiger partial charge in [0.25, 0.3) is 0 Å². The molecule has 0 amide bonds. The number of Topliss-reactive ketones (excluding diaryl/α,β-unsaturated/α-hetero) is 1. The van der Waals surface area contributed by atoms with Gasteiger partial charge in [-0.3, -0.25) is 4.79 Å². The topological polar surface area (TPSA) is 26.3 Å². The Hall–Kier alpha value is 0.290. The van der Waals surface area contributed by atoms with Crippen LogP contribution in [-0.4, -0.2) is 19.0 Å². The maximum absolute atomic E-state index is 12.1. The van der Waals surface area contributed by atoms with E-state index in [9.17, 15) is 4.79 Å². The van der Waals surface area contributed by atoms with Crippen molar-refractivity contribution < 1.29 is 9.53 Å². The van der Waals surface area contributed by atoms with Crippen LogP contribution in [0.25, 0.3) is 0 Å². The zero-order valence-electron chi connectivity index (χ0n) is 7.96. The Morgan fingerprint density at radius 1 is 1.53 bits per heavy atom. The van der Waals surface area contributed by atoms with E-state index in [1.807, 2.05) is 6.07 Å². The summed E-state index contributed by atoms with van der Waals surface area (Å²) >= 11 is 8.27. The summed E-state index contributed by atoms with van der Waals surface area (Å²) in [6.45, 7) is 1.37. The summed E-state index contributed by atoms with van der Waals surface area (Å²) in [5, 5.41) is 0. The average molecular weight is 354 g/mol. The fraction of sp³-hybridized carbons (Fsp3) is 0.500. The molecule has 1 aliphatic heterocycles. The third kappa shape index (κ3) is 2.70. The van der Waals surface area contributed by atoms with Crippen molar-refractivity contribution in [3.05, 3.63) is 19.2 Å². The van der Waals surface area contributed by atoms with E-state index in [0.717, 1.165) is 32.6 Å². The highest BCUT2D eigenvalue weighted by Gasteiger charge is 2.24. The van der Waals surface area contributed by atoms with Gasteiger partial charge in [0, 0.05) is 17.0 Å². The molecule has 1 aliphatic rings. The summed E-state index contributed by atoms with van der Waals surface area (Å²) < 4.78 is 7.25. The maximum Gasteiger partial charge on any atom is 0.178 e. The van der Waals surface area contributed by atoms with Gasteiger partial charge in [0.05, 0.1) is 15.3 Å². The van der Waals surface area contributed by atoms with Crippen molar-refractivity contribution in [1.82, 2.24) is 0 Å². The van der Waals surface area contributed by atoms with Crippen molar-refractivity contribution in [2.24, 2.45) is 5.92 Å². The lowest BCUT2D eigenvalue weighted by atomic mass is 9.97. The van der Waals surface area contributed by atoms with Crippen LogP contribution in [0.15, 0.2) is 14.3 Å². The molecule has 5 heteroatoms. The summed E-state index contributed by atoms with van der Waals surface area (Å²) in [7, 11) is 0. The standard InChI is InChI=1S/C10H10Br2O2S/c11-7-4-8(15-10(7)12)9(13)6-2-1-3-14-5-6/h4,6H,1-3,5H2. The maximum atomic E-state index is 12.1. The highest BCUT2D eigenvalue weighted by Crippen LogP contribution is 2.34. The quantitative estimate of drug-likeness (QED) is 0.754. The van der Waals surface area contributed by atoms with Gasteiger partial charge in [0.2, 0.25) is 0 Å². The Kier molecular flexibility index (Phi) is 3.98. The predicted octanol–water partition coefficient (Wildman–Crippen LogP) is 3.88. The number of halogens is 2. The molecule has 1 fully saturated rings. The Balaban J connectivity index is 2.12. The van der Waals surface area contributed by atoms with Crippen molar-refractivity contribution in [2.45, 2.75) is 12.8 Å². The molecule has 2 nitrogen and oxygen atoms in total. The van der Waals surface area contributed by atoms with Crippen LogP contribution in [0.1, 0.15) is 22.5 Å². The summed E-state index contributed by atoms with van der Waals surface area (Å²) in [6.07, 6.45) is 1.94. The Labute approximate surface area is 109 Å². The number of hydrogen-bond acceptors (Lipinski definition) is 3. The van der Waals surface area contributed by atoms with E-state index in [0.29, 0.717) is 6.61 Å². The molecule has 0 aromatic carbocycles. The van der Waals surface area contributed by atoms with E-state index in [1.165, 1.54) is 11.3 Å². The molecule has 0 saturated carbocycles. The van der Waals surface area contributed by atoms with Crippen LogP contribution in [0.2, 0.25) is 0 Å². The van der Waals surface area contributed by atoms with Gasteiger partial charge in [-0.05, 0) is 50.8 Å². The average Bonchev–Trinajstić information content (AvgIpc) is 2.59. The molecule has 0 radical (unpaired) electrons. The molecule has 1 saturated heterocycles. The van der Waals surface area contributed by atoms with Crippen molar-refractivity contribution in [3.63, 3.8) is 0 Å². The first kappa shape index (κ1) is 11.8. The minimum Gasteiger partial charge on any atom is -0.381 e. The van der Waals surface area contributed by atoms with Crippen molar-refractivity contribution in [1.29, 1.82) is 0 Å². The lowest BCUT2D eigenvalue weighted by Crippen LogP contribution is -2.24. The van der Waals surface area contributed by atoms with Crippen molar-refractivity contribution in [3.8, 4) is 0 Å². The first-order valence-electron chi connectivity index (χ1n) is 4.75. The fourth-order valence-corrected chi connectivity index (χ4v) is 3.67. The van der Waals surface area contributed by atoms with E-state index >= 15 is 0 Å². The SMILES string of the molecule is O=C(c1cc(Br)c(Br)s1)C1CCCOC1. The minimum atomic E-state index is 0.0520. The Morgan fingerprint density at radius 3 is 2.87 bits per heavy atom. The molecule has 0 aliphatic carbocycles. The highest BCUT2D eigenvalue weighted by molar-refractivity contribution is 9.13. The van der Waals surface area contributed by atoms with Gasteiger partial charge in [0.1, 0.15) is 0 Å². The molecule has 1 atom stereocenters. The highest BCUT2D eigenvalue weighted by atomic mass is 79.9. The number of rotatable bonds is 2. The third-order valence-corrected chi connectivity index (χ3v) is 5.69. The van der Waals surface area contributed by atoms with Gasteiger partial charge in [0.15, 0.2) is 5.78 Å². The summed E-state index contributed by atoms with van der Waals surface area (Å²) in [5.41, 5.74) is 0. The van der Waals surface area contributed by atoms with Gasteiger partial charge in [-0.2, -0.15) is 0 Å².